The fraction of sp³-hybridized carbons (Fsp3) is 0. The van der Waals surface area contributed by atoms with Crippen molar-refractivity contribution in [2.75, 3.05) is 0 Å². The van der Waals surface area contributed by atoms with Crippen LogP contribution >= 0.6 is 0 Å². The first-order valence-electron chi connectivity index (χ1n) is 6.99. The molecule has 0 aromatic heterocycles. The number of nitro groups is 2. The molecule has 0 spiro atoms. The maximum Gasteiger partial charge on any atom is 1.00 e. The monoisotopic (exact) mass is 452 g/mol. The van der Waals surface area contributed by atoms with E-state index in [1.54, 1.807) is 0 Å². The molecule has 0 saturated carbocycles. The van der Waals surface area contributed by atoms with E-state index in [0.717, 1.165) is 36.4 Å². The van der Waals surface area contributed by atoms with Crippen LogP contribution in [-0.2, 0) is 20.2 Å². The van der Waals surface area contributed by atoms with Gasteiger partial charge < -0.3 is 4.55 Å². The Bertz CT molecular complexity index is 1130. The van der Waals surface area contributed by atoms with Crippen molar-refractivity contribution in [3.05, 3.63) is 67.8 Å². The van der Waals surface area contributed by atoms with E-state index < -0.39 is 51.2 Å². The molecule has 2 aromatic carbocycles. The van der Waals surface area contributed by atoms with Gasteiger partial charge in [0, 0.05) is 24.3 Å². The molecule has 2 rings (SSSR count). The van der Waals surface area contributed by atoms with Crippen LogP contribution in [0.25, 0.3) is 12.2 Å². The molecule has 0 radical (unpaired) electrons. The Morgan fingerprint density at radius 3 is 1.52 bits per heavy atom. The summed E-state index contributed by atoms with van der Waals surface area (Å²) in [6.45, 7) is 0. The molecular weight excluding hydrogens is 443 g/mol. The second-order valence-electron chi connectivity index (χ2n) is 5.22. The molecule has 12 nitrogen and oxygen atoms in total. The number of benzene rings is 2. The second kappa shape index (κ2) is 9.08. The van der Waals surface area contributed by atoms with Crippen molar-refractivity contribution in [3.8, 4) is 0 Å². The van der Waals surface area contributed by atoms with Crippen LogP contribution in [0.3, 0.4) is 0 Å². The summed E-state index contributed by atoms with van der Waals surface area (Å²) in [6, 6.07) is 4.94. The van der Waals surface area contributed by atoms with Crippen molar-refractivity contribution in [2.45, 2.75) is 9.79 Å². The zero-order chi connectivity index (χ0) is 21.3. The Hall–Kier alpha value is -2.20. The van der Waals surface area contributed by atoms with Crippen LogP contribution in [0.15, 0.2) is 46.2 Å². The van der Waals surface area contributed by atoms with E-state index in [-0.39, 0.29) is 40.7 Å². The van der Waals surface area contributed by atoms with Crippen molar-refractivity contribution < 1.29 is 65.3 Å². The summed E-state index contributed by atoms with van der Waals surface area (Å²) in [5.41, 5.74) is -1.82. The minimum absolute atomic E-state index is 0. The van der Waals surface area contributed by atoms with E-state index in [4.69, 9.17) is 0 Å². The van der Waals surface area contributed by atoms with E-state index >= 15 is 0 Å². The number of non-ortho nitro benzene ring substituents is 2. The van der Waals surface area contributed by atoms with E-state index in [2.05, 4.69) is 0 Å². The fourth-order valence-electron chi connectivity index (χ4n) is 2.17. The van der Waals surface area contributed by atoms with Crippen LogP contribution in [0, 0.1) is 20.2 Å². The summed E-state index contributed by atoms with van der Waals surface area (Å²) in [7, 11) is -9.99. The Labute approximate surface area is 186 Å². The van der Waals surface area contributed by atoms with Crippen molar-refractivity contribution in [1.29, 1.82) is 0 Å². The molecule has 0 aliphatic heterocycles. The van der Waals surface area contributed by atoms with Gasteiger partial charge in [-0.3, -0.25) is 24.8 Å². The summed E-state index contributed by atoms with van der Waals surface area (Å²) in [4.78, 5) is 18.0. The number of nitro benzene ring substituents is 2. The van der Waals surface area contributed by atoms with E-state index in [9.17, 15) is 46.2 Å². The van der Waals surface area contributed by atoms with Crippen molar-refractivity contribution >= 4 is 43.8 Å². The molecule has 0 bridgehead atoms. The van der Waals surface area contributed by atoms with Gasteiger partial charge in [-0.25, -0.2) is 8.42 Å². The van der Waals surface area contributed by atoms with Gasteiger partial charge in [-0.2, -0.15) is 8.42 Å². The molecule has 148 valence electrons. The van der Waals surface area contributed by atoms with E-state index in [1.165, 1.54) is 0 Å². The third-order valence-corrected chi connectivity index (χ3v) is 5.21. The molecule has 0 unspecified atom stereocenters. The number of hydrogen-bond acceptors (Lipinski definition) is 9. The molecular formula is C14H9N2NaO10S2. The fourth-order valence-corrected chi connectivity index (χ4v) is 3.56. The topological polar surface area (TPSA) is 198 Å². The largest absolute Gasteiger partial charge is 1.00 e. The van der Waals surface area contributed by atoms with Gasteiger partial charge in [-0.15, -0.1) is 0 Å². The van der Waals surface area contributed by atoms with Crippen LogP contribution < -0.4 is 29.6 Å². The van der Waals surface area contributed by atoms with Crippen LogP contribution in [0.5, 0.6) is 0 Å². The minimum atomic E-state index is -5.11. The minimum Gasteiger partial charge on any atom is -0.744 e. The number of hydrogen-bond donors (Lipinski definition) is 1. The van der Waals surface area contributed by atoms with Crippen LogP contribution in [0.1, 0.15) is 11.1 Å². The molecule has 0 amide bonds. The predicted octanol–water partition coefficient (Wildman–Crippen LogP) is -1.17. The van der Waals surface area contributed by atoms with E-state index in [0.29, 0.717) is 12.1 Å². The Morgan fingerprint density at radius 2 is 1.17 bits per heavy atom. The molecule has 0 heterocycles. The second-order valence-corrected chi connectivity index (χ2v) is 7.96. The normalized spacial score (nSPS) is 11.8. The number of nitrogens with zero attached hydrogens (tertiary/aromatic N) is 2. The molecule has 29 heavy (non-hydrogen) atoms. The smallest absolute Gasteiger partial charge is 0.744 e. The average molecular weight is 452 g/mol. The van der Waals surface area contributed by atoms with Crippen molar-refractivity contribution in [1.82, 2.24) is 0 Å². The Kier molecular flexibility index (Phi) is 7.78. The Morgan fingerprint density at radius 1 is 0.793 bits per heavy atom. The summed E-state index contributed by atoms with van der Waals surface area (Å²) < 4.78 is 66.3. The standard InChI is InChI=1S/C14H10N2O10S2.Na/c17-15(18)11-5-3-9(13(7-11)27(21,22)23)1-2-10-4-6-12(16(19)20)8-14(10)28(24,25)26;/h1-8H,(H,21,22,23)(H,24,25,26);/q;+1/p-1/b2-1+;. The first kappa shape index (κ1) is 24.8. The van der Waals surface area contributed by atoms with Crippen molar-refractivity contribution in [3.63, 3.8) is 0 Å². The van der Waals surface area contributed by atoms with Gasteiger partial charge in [0.15, 0.2) is 0 Å². The maximum atomic E-state index is 11.5. The summed E-state index contributed by atoms with van der Waals surface area (Å²) >= 11 is 0. The van der Waals surface area contributed by atoms with Gasteiger partial charge in [0.2, 0.25) is 0 Å². The van der Waals surface area contributed by atoms with Gasteiger partial charge in [-0.05, 0) is 23.3 Å². The summed E-state index contributed by atoms with van der Waals surface area (Å²) in [6.07, 6.45) is 1.94. The zero-order valence-electron chi connectivity index (χ0n) is 14.5. The first-order chi connectivity index (χ1) is 12.8. The van der Waals surface area contributed by atoms with Gasteiger partial charge in [0.05, 0.1) is 14.7 Å². The molecule has 0 atom stereocenters. The third kappa shape index (κ3) is 6.14. The molecule has 0 aliphatic rings. The van der Waals surface area contributed by atoms with E-state index in [1.807, 2.05) is 0 Å². The summed E-state index contributed by atoms with van der Waals surface area (Å²) in [5, 5.41) is 21.5. The maximum absolute atomic E-state index is 11.5. The summed E-state index contributed by atoms with van der Waals surface area (Å²) in [5.74, 6) is 0. The molecule has 0 aliphatic carbocycles. The van der Waals surface area contributed by atoms with Crippen LogP contribution in [0.2, 0.25) is 0 Å². The van der Waals surface area contributed by atoms with Crippen LogP contribution in [-0.4, -0.2) is 35.8 Å². The average Bonchev–Trinajstić information content (AvgIpc) is 2.57. The molecule has 2 aromatic rings. The van der Waals surface area contributed by atoms with Crippen LogP contribution in [0.4, 0.5) is 11.4 Å². The molecule has 15 heteroatoms. The van der Waals surface area contributed by atoms with Gasteiger partial charge in [0.25, 0.3) is 21.5 Å². The van der Waals surface area contributed by atoms with Gasteiger partial charge in [-0.1, -0.05) is 12.2 Å². The molecule has 0 saturated heterocycles. The Balaban J connectivity index is 0.00000420. The van der Waals surface area contributed by atoms with Crippen molar-refractivity contribution in [2.24, 2.45) is 0 Å². The number of rotatable bonds is 6. The zero-order valence-corrected chi connectivity index (χ0v) is 18.1. The predicted molar refractivity (Wildman–Crippen MR) is 92.9 cm³/mol. The first-order valence-corrected chi connectivity index (χ1v) is 9.84. The molecule has 0 fully saturated rings. The van der Waals surface area contributed by atoms with Gasteiger partial charge >= 0.3 is 29.6 Å². The molecule has 1 N–H and O–H groups in total. The third-order valence-electron chi connectivity index (χ3n) is 3.41. The quantitative estimate of drug-likeness (QED) is 0.183. The SMILES string of the molecule is O=[N+]([O-])c1ccc(/C=C/c2ccc([N+](=O)[O-])cc2S(=O)(=O)O)c(S(=O)(=O)[O-])c1.[Na+]. The van der Waals surface area contributed by atoms with Gasteiger partial charge in [0.1, 0.15) is 15.0 Å².